The van der Waals surface area contributed by atoms with Crippen molar-refractivity contribution in [2.24, 2.45) is 5.73 Å². The molecule has 98 valence electrons. The molecule has 0 amide bonds. The Balaban J connectivity index is 2.45. The van der Waals surface area contributed by atoms with Crippen molar-refractivity contribution >= 4 is 11.3 Å². The Morgan fingerprint density at radius 1 is 1.18 bits per heavy atom. The van der Waals surface area contributed by atoms with Crippen molar-refractivity contribution in [1.82, 2.24) is 4.98 Å². The van der Waals surface area contributed by atoms with Gasteiger partial charge in [-0.15, -0.1) is 11.3 Å². The molecule has 0 fully saturated rings. The molecule has 1 aromatic rings. The topological polar surface area (TPSA) is 38.9 Å². The Bertz CT molecular complexity index is 322. The van der Waals surface area contributed by atoms with Gasteiger partial charge in [-0.25, -0.2) is 4.98 Å². The molecule has 2 nitrogen and oxygen atoms in total. The first-order valence-corrected chi connectivity index (χ1v) is 7.52. The van der Waals surface area contributed by atoms with Crippen molar-refractivity contribution in [3.63, 3.8) is 0 Å². The molecule has 1 rings (SSSR count). The van der Waals surface area contributed by atoms with E-state index < -0.39 is 0 Å². The Hall–Kier alpha value is -0.410. The summed E-state index contributed by atoms with van der Waals surface area (Å²) in [5.41, 5.74) is 7.27. The number of hydrogen-bond donors (Lipinski definition) is 1. The minimum atomic E-state index is -0.240. The molecule has 0 aliphatic rings. The van der Waals surface area contributed by atoms with Crippen molar-refractivity contribution < 1.29 is 0 Å². The number of nitrogens with zero attached hydrogens (tertiary/aromatic N) is 1. The first-order valence-electron chi connectivity index (χ1n) is 6.70. The van der Waals surface area contributed by atoms with Crippen LogP contribution in [0.15, 0.2) is 0 Å². The van der Waals surface area contributed by atoms with Gasteiger partial charge in [0, 0.05) is 4.88 Å². The zero-order valence-electron chi connectivity index (χ0n) is 11.7. The molecule has 1 heterocycles. The standard InChI is InChI=1S/C14H26N2S/c1-5-6-7-8-9-10-14(4,15)13-16-11(2)12(3)17-13/h5-10,15H2,1-4H3. The second-order valence-corrected chi connectivity index (χ2v) is 6.45. The van der Waals surface area contributed by atoms with Gasteiger partial charge < -0.3 is 5.73 Å². The zero-order valence-corrected chi connectivity index (χ0v) is 12.5. The molecule has 3 heteroatoms. The van der Waals surface area contributed by atoms with E-state index >= 15 is 0 Å². The van der Waals surface area contributed by atoms with E-state index in [-0.39, 0.29) is 5.54 Å². The maximum Gasteiger partial charge on any atom is 0.113 e. The predicted molar refractivity (Wildman–Crippen MR) is 76.5 cm³/mol. The first kappa shape index (κ1) is 14.7. The molecule has 2 N–H and O–H groups in total. The molecule has 0 aliphatic carbocycles. The Morgan fingerprint density at radius 2 is 1.82 bits per heavy atom. The van der Waals surface area contributed by atoms with Gasteiger partial charge in [-0.3, -0.25) is 0 Å². The number of unbranched alkanes of at least 4 members (excludes halogenated alkanes) is 4. The fraction of sp³-hybridized carbons (Fsp3) is 0.786. The number of aromatic nitrogens is 1. The molecular formula is C14H26N2S. The molecule has 17 heavy (non-hydrogen) atoms. The van der Waals surface area contributed by atoms with E-state index in [1.807, 2.05) is 0 Å². The van der Waals surface area contributed by atoms with Crippen LogP contribution >= 0.6 is 11.3 Å². The minimum absolute atomic E-state index is 0.240. The van der Waals surface area contributed by atoms with E-state index in [0.717, 1.165) is 17.1 Å². The summed E-state index contributed by atoms with van der Waals surface area (Å²) >= 11 is 1.75. The van der Waals surface area contributed by atoms with Gasteiger partial charge in [0.25, 0.3) is 0 Å². The van der Waals surface area contributed by atoms with E-state index in [0.29, 0.717) is 0 Å². The summed E-state index contributed by atoms with van der Waals surface area (Å²) < 4.78 is 0. The maximum absolute atomic E-state index is 6.38. The van der Waals surface area contributed by atoms with Crippen LogP contribution in [-0.4, -0.2) is 4.98 Å². The second kappa shape index (κ2) is 6.50. The highest BCUT2D eigenvalue weighted by Crippen LogP contribution is 2.29. The summed E-state index contributed by atoms with van der Waals surface area (Å²) in [6, 6.07) is 0. The van der Waals surface area contributed by atoms with Crippen LogP contribution in [0.5, 0.6) is 0 Å². The minimum Gasteiger partial charge on any atom is -0.320 e. The van der Waals surface area contributed by atoms with E-state index in [4.69, 9.17) is 5.73 Å². The highest BCUT2D eigenvalue weighted by molar-refractivity contribution is 7.11. The lowest BCUT2D eigenvalue weighted by Crippen LogP contribution is -2.32. The van der Waals surface area contributed by atoms with Gasteiger partial charge in [-0.2, -0.15) is 0 Å². The molecule has 0 aliphatic heterocycles. The van der Waals surface area contributed by atoms with Crippen LogP contribution in [0.4, 0.5) is 0 Å². The predicted octanol–water partition coefficient (Wildman–Crippen LogP) is 4.29. The van der Waals surface area contributed by atoms with Crippen LogP contribution in [0.2, 0.25) is 0 Å². The number of rotatable bonds is 7. The maximum atomic E-state index is 6.38. The Kier molecular flexibility index (Phi) is 5.60. The smallest absolute Gasteiger partial charge is 0.113 e. The third-order valence-electron chi connectivity index (χ3n) is 3.32. The summed E-state index contributed by atoms with van der Waals surface area (Å²) in [4.78, 5) is 5.88. The lowest BCUT2D eigenvalue weighted by molar-refractivity contribution is 0.420. The van der Waals surface area contributed by atoms with Crippen LogP contribution in [0.3, 0.4) is 0 Å². The van der Waals surface area contributed by atoms with E-state index in [2.05, 4.69) is 32.7 Å². The van der Waals surface area contributed by atoms with Gasteiger partial charge in [0.2, 0.25) is 0 Å². The van der Waals surface area contributed by atoms with Gasteiger partial charge in [0.1, 0.15) is 5.01 Å². The van der Waals surface area contributed by atoms with Gasteiger partial charge in [-0.05, 0) is 27.2 Å². The number of thiazole rings is 1. The third-order valence-corrected chi connectivity index (χ3v) is 4.67. The number of nitrogens with two attached hydrogens (primary N) is 1. The van der Waals surface area contributed by atoms with Crippen LogP contribution < -0.4 is 5.73 Å². The quantitative estimate of drug-likeness (QED) is 0.737. The van der Waals surface area contributed by atoms with Gasteiger partial charge in [0.05, 0.1) is 11.2 Å². The molecule has 1 aromatic heterocycles. The molecule has 0 aromatic carbocycles. The van der Waals surface area contributed by atoms with Gasteiger partial charge in [0.15, 0.2) is 0 Å². The van der Waals surface area contributed by atoms with Crippen molar-refractivity contribution in [2.75, 3.05) is 0 Å². The second-order valence-electron chi connectivity index (χ2n) is 5.24. The lowest BCUT2D eigenvalue weighted by Gasteiger charge is -2.21. The summed E-state index contributed by atoms with van der Waals surface area (Å²) in [6.45, 7) is 8.54. The molecule has 0 saturated heterocycles. The molecule has 0 spiro atoms. The summed E-state index contributed by atoms with van der Waals surface area (Å²) in [7, 11) is 0. The molecular weight excluding hydrogens is 228 g/mol. The fourth-order valence-electron chi connectivity index (χ4n) is 1.92. The lowest BCUT2D eigenvalue weighted by atomic mass is 9.96. The van der Waals surface area contributed by atoms with Crippen molar-refractivity contribution in [2.45, 2.75) is 71.8 Å². The first-order chi connectivity index (χ1) is 7.97. The third kappa shape index (κ3) is 4.40. The van der Waals surface area contributed by atoms with E-state index in [9.17, 15) is 0 Å². The van der Waals surface area contributed by atoms with Crippen LogP contribution in [-0.2, 0) is 5.54 Å². The normalized spacial score (nSPS) is 14.9. The zero-order chi connectivity index (χ0) is 12.9. The van der Waals surface area contributed by atoms with Crippen molar-refractivity contribution in [1.29, 1.82) is 0 Å². The average Bonchev–Trinajstić information content (AvgIpc) is 2.60. The van der Waals surface area contributed by atoms with Crippen LogP contribution in [0, 0.1) is 13.8 Å². The fourth-order valence-corrected chi connectivity index (χ4v) is 2.92. The van der Waals surface area contributed by atoms with E-state index in [1.54, 1.807) is 11.3 Å². The monoisotopic (exact) mass is 254 g/mol. The highest BCUT2D eigenvalue weighted by Gasteiger charge is 2.24. The van der Waals surface area contributed by atoms with Gasteiger partial charge in [-0.1, -0.05) is 39.0 Å². The van der Waals surface area contributed by atoms with Crippen LogP contribution in [0.1, 0.15) is 68.0 Å². The van der Waals surface area contributed by atoms with E-state index in [1.165, 1.54) is 37.0 Å². The van der Waals surface area contributed by atoms with Crippen molar-refractivity contribution in [3.8, 4) is 0 Å². The number of aryl methyl sites for hydroxylation is 2. The summed E-state index contributed by atoms with van der Waals surface area (Å²) in [6.07, 6.45) is 7.53. The van der Waals surface area contributed by atoms with Crippen molar-refractivity contribution in [3.05, 3.63) is 15.6 Å². The summed E-state index contributed by atoms with van der Waals surface area (Å²) in [5, 5.41) is 1.10. The molecule has 1 atom stereocenters. The number of hydrogen-bond acceptors (Lipinski definition) is 3. The van der Waals surface area contributed by atoms with Gasteiger partial charge >= 0.3 is 0 Å². The summed E-state index contributed by atoms with van der Waals surface area (Å²) in [5.74, 6) is 0. The molecule has 0 saturated carbocycles. The highest BCUT2D eigenvalue weighted by atomic mass is 32.1. The average molecular weight is 254 g/mol. The molecule has 0 bridgehead atoms. The Labute approximate surface area is 110 Å². The SMILES string of the molecule is CCCCCCCC(C)(N)c1nc(C)c(C)s1. The van der Waals surface area contributed by atoms with Crippen LogP contribution in [0.25, 0.3) is 0 Å². The largest absolute Gasteiger partial charge is 0.320 e. The Morgan fingerprint density at radius 3 is 2.35 bits per heavy atom. The molecule has 1 unspecified atom stereocenters. The molecule has 0 radical (unpaired) electrons.